The summed E-state index contributed by atoms with van der Waals surface area (Å²) in [7, 11) is 0. The van der Waals surface area contributed by atoms with Crippen molar-refractivity contribution in [2.75, 3.05) is 0 Å². The summed E-state index contributed by atoms with van der Waals surface area (Å²) in [6, 6.07) is 25.3. The van der Waals surface area contributed by atoms with E-state index in [1.165, 1.54) is 0 Å². The van der Waals surface area contributed by atoms with Gasteiger partial charge < -0.3 is 14.8 Å². The molecule has 200 valence electrons. The lowest BCUT2D eigenvalue weighted by atomic mass is 9.71. The summed E-state index contributed by atoms with van der Waals surface area (Å²) in [5, 5.41) is 4.07. The summed E-state index contributed by atoms with van der Waals surface area (Å²) < 4.78 is 11.6. The molecule has 5 rings (SSSR count). The van der Waals surface area contributed by atoms with E-state index in [2.05, 4.69) is 5.32 Å². The molecule has 1 aliphatic carbocycles. The number of halogens is 1. The standard InChI is InChI=1S/C33H32ClNO4/c1-20(2)39-33(37)30-21(3)35-28-17-25(23-9-13-26(34)14-10-23)18-29(36)32(28)31(30)24-11-15-27(16-12-24)38-19-22-7-5-4-6-8-22/h4-16,20,25,31,35H,17-19H2,1-3H3/t25-,31+/m1/s1. The number of ether oxygens (including phenoxy) is 2. The summed E-state index contributed by atoms with van der Waals surface area (Å²) in [5.74, 6) is -0.152. The molecule has 0 radical (unpaired) electrons. The Morgan fingerprint density at radius 2 is 1.62 bits per heavy atom. The number of benzene rings is 3. The molecular formula is C33H32ClNO4. The van der Waals surface area contributed by atoms with E-state index in [4.69, 9.17) is 21.1 Å². The molecule has 0 saturated heterocycles. The van der Waals surface area contributed by atoms with Crippen molar-refractivity contribution in [1.82, 2.24) is 5.32 Å². The van der Waals surface area contributed by atoms with Gasteiger partial charge in [-0.3, -0.25) is 4.79 Å². The largest absolute Gasteiger partial charge is 0.489 e. The molecule has 0 fully saturated rings. The SMILES string of the molecule is CC1=C(C(=O)OC(C)C)[C@H](c2ccc(OCc3ccccc3)cc2)C2=C(C[C@@H](c3ccc(Cl)cc3)CC2=O)N1. The minimum absolute atomic E-state index is 0.0282. The Balaban J connectivity index is 1.48. The Morgan fingerprint density at radius 3 is 2.28 bits per heavy atom. The molecule has 0 unspecified atom stereocenters. The first kappa shape index (κ1) is 26.8. The summed E-state index contributed by atoms with van der Waals surface area (Å²) in [4.78, 5) is 27.1. The van der Waals surface area contributed by atoms with Gasteiger partial charge in [0, 0.05) is 34.3 Å². The third-order valence-electron chi connectivity index (χ3n) is 7.19. The number of carbonyl (C=O) groups is 2. The summed E-state index contributed by atoms with van der Waals surface area (Å²) in [5.41, 5.74) is 5.68. The zero-order chi connectivity index (χ0) is 27.5. The van der Waals surface area contributed by atoms with Gasteiger partial charge in [-0.15, -0.1) is 0 Å². The molecular weight excluding hydrogens is 510 g/mol. The van der Waals surface area contributed by atoms with Crippen molar-refractivity contribution in [1.29, 1.82) is 0 Å². The minimum Gasteiger partial charge on any atom is -0.489 e. The average Bonchev–Trinajstić information content (AvgIpc) is 2.92. The first-order valence-corrected chi connectivity index (χ1v) is 13.6. The Morgan fingerprint density at radius 1 is 0.949 bits per heavy atom. The second kappa shape index (κ2) is 11.5. The van der Waals surface area contributed by atoms with E-state index in [-0.39, 0.29) is 17.8 Å². The van der Waals surface area contributed by atoms with Crippen LogP contribution in [0.5, 0.6) is 5.75 Å². The fraction of sp³-hybridized carbons (Fsp3) is 0.273. The second-order valence-electron chi connectivity index (χ2n) is 10.4. The quantitative estimate of drug-likeness (QED) is 0.320. The number of hydrogen-bond acceptors (Lipinski definition) is 5. The number of carbonyl (C=O) groups excluding carboxylic acids is 2. The van der Waals surface area contributed by atoms with Crippen LogP contribution >= 0.6 is 11.6 Å². The van der Waals surface area contributed by atoms with Gasteiger partial charge in [0.15, 0.2) is 5.78 Å². The molecule has 3 aromatic rings. The molecule has 0 amide bonds. The number of ketones is 1. The highest BCUT2D eigenvalue weighted by Crippen LogP contribution is 2.46. The number of allylic oxidation sites excluding steroid dienone is 3. The van der Waals surface area contributed by atoms with E-state index in [9.17, 15) is 9.59 Å². The molecule has 0 spiro atoms. The zero-order valence-electron chi connectivity index (χ0n) is 22.4. The van der Waals surface area contributed by atoms with Crippen LogP contribution in [0, 0.1) is 0 Å². The molecule has 5 nitrogen and oxygen atoms in total. The van der Waals surface area contributed by atoms with Crippen molar-refractivity contribution >= 4 is 23.4 Å². The lowest BCUT2D eigenvalue weighted by molar-refractivity contribution is -0.143. The van der Waals surface area contributed by atoms with Crippen LogP contribution in [0.1, 0.15) is 62.1 Å². The molecule has 0 saturated carbocycles. The molecule has 2 atom stereocenters. The number of nitrogens with one attached hydrogen (secondary N) is 1. The predicted molar refractivity (Wildman–Crippen MR) is 152 cm³/mol. The molecule has 3 aromatic carbocycles. The van der Waals surface area contributed by atoms with E-state index in [1.54, 1.807) is 0 Å². The number of Topliss-reactive ketones (excluding diaryl/α,β-unsaturated/α-hetero) is 1. The molecule has 6 heteroatoms. The van der Waals surface area contributed by atoms with Crippen LogP contribution in [0.15, 0.2) is 101 Å². The first-order valence-electron chi connectivity index (χ1n) is 13.3. The Hall–Kier alpha value is -3.83. The van der Waals surface area contributed by atoms with Crippen LogP contribution < -0.4 is 10.1 Å². The van der Waals surface area contributed by atoms with Gasteiger partial charge in [0.05, 0.1) is 11.7 Å². The molecule has 1 N–H and O–H groups in total. The van der Waals surface area contributed by atoms with E-state index < -0.39 is 11.9 Å². The number of esters is 1. The van der Waals surface area contributed by atoms with Crippen molar-refractivity contribution in [3.05, 3.63) is 123 Å². The predicted octanol–water partition coefficient (Wildman–Crippen LogP) is 7.23. The third-order valence-corrected chi connectivity index (χ3v) is 7.45. The molecule has 39 heavy (non-hydrogen) atoms. The van der Waals surface area contributed by atoms with Gasteiger partial charge in [-0.05, 0) is 74.1 Å². The lowest BCUT2D eigenvalue weighted by Crippen LogP contribution is -2.36. The maximum Gasteiger partial charge on any atom is 0.337 e. The maximum atomic E-state index is 13.8. The van der Waals surface area contributed by atoms with Gasteiger partial charge in [-0.25, -0.2) is 4.79 Å². The van der Waals surface area contributed by atoms with Gasteiger partial charge in [-0.2, -0.15) is 0 Å². The van der Waals surface area contributed by atoms with Crippen LogP contribution in [-0.4, -0.2) is 17.9 Å². The van der Waals surface area contributed by atoms with Crippen molar-refractivity contribution in [2.24, 2.45) is 0 Å². The summed E-state index contributed by atoms with van der Waals surface area (Å²) in [6.45, 7) is 5.98. The van der Waals surface area contributed by atoms with Crippen molar-refractivity contribution < 1.29 is 19.1 Å². The molecule has 2 aliphatic rings. The van der Waals surface area contributed by atoms with Gasteiger partial charge in [0.1, 0.15) is 12.4 Å². The Labute approximate surface area is 234 Å². The van der Waals surface area contributed by atoms with Crippen LogP contribution in [0.25, 0.3) is 0 Å². The maximum absolute atomic E-state index is 13.8. The number of rotatable bonds is 7. The van der Waals surface area contributed by atoms with Gasteiger partial charge >= 0.3 is 5.97 Å². The topological polar surface area (TPSA) is 64.6 Å². The van der Waals surface area contributed by atoms with E-state index >= 15 is 0 Å². The molecule has 1 aliphatic heterocycles. The van der Waals surface area contributed by atoms with E-state index in [1.807, 2.05) is 99.6 Å². The van der Waals surface area contributed by atoms with Gasteiger partial charge in [-0.1, -0.05) is 66.2 Å². The second-order valence-corrected chi connectivity index (χ2v) is 10.8. The highest BCUT2D eigenvalue weighted by Gasteiger charge is 2.41. The molecule has 1 heterocycles. The van der Waals surface area contributed by atoms with Gasteiger partial charge in [0.2, 0.25) is 0 Å². The molecule has 0 bridgehead atoms. The summed E-state index contributed by atoms with van der Waals surface area (Å²) >= 11 is 6.09. The van der Waals surface area contributed by atoms with Crippen molar-refractivity contribution in [3.63, 3.8) is 0 Å². The summed E-state index contributed by atoms with van der Waals surface area (Å²) in [6.07, 6.45) is 0.753. The number of dihydropyridines is 1. The smallest absolute Gasteiger partial charge is 0.337 e. The van der Waals surface area contributed by atoms with E-state index in [0.29, 0.717) is 41.3 Å². The normalized spacial score (nSPS) is 19.1. The zero-order valence-corrected chi connectivity index (χ0v) is 23.1. The van der Waals surface area contributed by atoms with Crippen molar-refractivity contribution in [3.8, 4) is 5.75 Å². The van der Waals surface area contributed by atoms with E-state index in [0.717, 1.165) is 28.1 Å². The monoisotopic (exact) mass is 541 g/mol. The highest BCUT2D eigenvalue weighted by molar-refractivity contribution is 6.30. The highest BCUT2D eigenvalue weighted by atomic mass is 35.5. The van der Waals surface area contributed by atoms with Crippen molar-refractivity contribution in [2.45, 2.75) is 58.2 Å². The fourth-order valence-electron chi connectivity index (χ4n) is 5.39. The lowest BCUT2D eigenvalue weighted by Gasteiger charge is -2.37. The van der Waals surface area contributed by atoms with Crippen LogP contribution in [-0.2, 0) is 20.9 Å². The van der Waals surface area contributed by atoms with Crippen LogP contribution in [0.2, 0.25) is 5.02 Å². The Bertz CT molecular complexity index is 1420. The Kier molecular flexibility index (Phi) is 7.89. The third kappa shape index (κ3) is 5.94. The first-order chi connectivity index (χ1) is 18.8. The van der Waals surface area contributed by atoms with Crippen LogP contribution in [0.4, 0.5) is 0 Å². The minimum atomic E-state index is -0.519. The van der Waals surface area contributed by atoms with Gasteiger partial charge in [0.25, 0.3) is 0 Å². The number of hydrogen-bond donors (Lipinski definition) is 1. The molecule has 0 aromatic heterocycles. The van der Waals surface area contributed by atoms with Crippen LogP contribution in [0.3, 0.4) is 0 Å². The average molecular weight is 542 g/mol. The fourth-order valence-corrected chi connectivity index (χ4v) is 5.51.